The monoisotopic (exact) mass is 262 g/mol. The van der Waals surface area contributed by atoms with Gasteiger partial charge in [0.25, 0.3) is 0 Å². The van der Waals surface area contributed by atoms with Gasteiger partial charge in [-0.3, -0.25) is 9.36 Å². The molecule has 0 fully saturated rings. The number of aromatic nitrogens is 4. The van der Waals surface area contributed by atoms with E-state index in [0.717, 1.165) is 17.8 Å². The maximum Gasteiger partial charge on any atom is 0.341 e. The summed E-state index contributed by atoms with van der Waals surface area (Å²) < 4.78 is 8.48. The quantitative estimate of drug-likeness (QED) is 0.764. The van der Waals surface area contributed by atoms with Gasteiger partial charge in [-0.15, -0.1) is 0 Å². The third kappa shape index (κ3) is 3.01. The first-order chi connectivity index (χ1) is 9.13. The molecule has 2 rings (SSSR count). The summed E-state index contributed by atoms with van der Waals surface area (Å²) in [6.07, 6.45) is 4.12. The Morgan fingerprint density at radius 2 is 2.21 bits per heavy atom. The van der Waals surface area contributed by atoms with E-state index in [-0.39, 0.29) is 5.97 Å². The molecule has 0 spiro atoms. The zero-order valence-electron chi connectivity index (χ0n) is 11.5. The Labute approximate surface area is 112 Å². The van der Waals surface area contributed by atoms with Crippen molar-refractivity contribution < 1.29 is 9.53 Å². The number of nitrogens with zero attached hydrogens (tertiary/aromatic N) is 4. The molecule has 0 aromatic carbocycles. The van der Waals surface area contributed by atoms with E-state index in [9.17, 15) is 4.79 Å². The molecule has 0 atom stereocenters. The number of aryl methyl sites for hydroxylation is 2. The standard InChI is InChI=1S/C13H18N4O2/c1-4-11-6-12(16(3)15-11)9-17-8-10(7-14-17)13(18)19-5-2/h6-8H,4-5,9H2,1-3H3. The van der Waals surface area contributed by atoms with E-state index in [0.29, 0.717) is 18.7 Å². The first-order valence-electron chi connectivity index (χ1n) is 6.35. The minimum atomic E-state index is -0.340. The molecule has 102 valence electrons. The van der Waals surface area contributed by atoms with E-state index >= 15 is 0 Å². The van der Waals surface area contributed by atoms with Gasteiger partial charge in [-0.25, -0.2) is 4.79 Å². The third-order valence-electron chi connectivity index (χ3n) is 2.86. The highest BCUT2D eigenvalue weighted by atomic mass is 16.5. The van der Waals surface area contributed by atoms with Gasteiger partial charge in [-0.2, -0.15) is 10.2 Å². The van der Waals surface area contributed by atoms with Crippen LogP contribution in [0.15, 0.2) is 18.5 Å². The normalized spacial score (nSPS) is 10.7. The molecule has 0 aliphatic carbocycles. The molecule has 0 aliphatic heterocycles. The molecule has 0 unspecified atom stereocenters. The van der Waals surface area contributed by atoms with E-state index in [4.69, 9.17) is 4.74 Å². The van der Waals surface area contributed by atoms with E-state index in [2.05, 4.69) is 17.1 Å². The van der Waals surface area contributed by atoms with Crippen LogP contribution in [0.2, 0.25) is 0 Å². The largest absolute Gasteiger partial charge is 0.462 e. The van der Waals surface area contributed by atoms with Gasteiger partial charge in [0, 0.05) is 13.2 Å². The molecular weight excluding hydrogens is 244 g/mol. The van der Waals surface area contributed by atoms with E-state index in [1.54, 1.807) is 17.8 Å². The second-order valence-corrected chi connectivity index (χ2v) is 4.25. The van der Waals surface area contributed by atoms with Crippen molar-refractivity contribution >= 4 is 5.97 Å². The maximum atomic E-state index is 11.5. The summed E-state index contributed by atoms with van der Waals surface area (Å²) in [5.74, 6) is -0.340. The minimum Gasteiger partial charge on any atom is -0.462 e. The van der Waals surface area contributed by atoms with Crippen molar-refractivity contribution in [1.82, 2.24) is 19.6 Å². The van der Waals surface area contributed by atoms with Crippen molar-refractivity contribution in [2.24, 2.45) is 7.05 Å². The summed E-state index contributed by atoms with van der Waals surface area (Å²) in [6.45, 7) is 4.80. The molecule has 0 aliphatic rings. The van der Waals surface area contributed by atoms with Gasteiger partial charge in [-0.1, -0.05) is 6.92 Å². The molecule has 0 saturated carbocycles. The molecule has 0 amide bonds. The molecule has 0 saturated heterocycles. The van der Waals surface area contributed by atoms with Crippen molar-refractivity contribution in [1.29, 1.82) is 0 Å². The third-order valence-corrected chi connectivity index (χ3v) is 2.86. The second-order valence-electron chi connectivity index (χ2n) is 4.25. The number of carbonyl (C=O) groups excluding carboxylic acids is 1. The zero-order valence-corrected chi connectivity index (χ0v) is 11.5. The fraction of sp³-hybridized carbons (Fsp3) is 0.462. The molecule has 2 aromatic heterocycles. The summed E-state index contributed by atoms with van der Waals surface area (Å²) in [5.41, 5.74) is 2.57. The highest BCUT2D eigenvalue weighted by Crippen LogP contribution is 2.07. The van der Waals surface area contributed by atoms with Crippen molar-refractivity contribution in [3.8, 4) is 0 Å². The Hall–Kier alpha value is -2.11. The predicted molar refractivity (Wildman–Crippen MR) is 69.9 cm³/mol. The number of ether oxygens (including phenoxy) is 1. The predicted octanol–water partition coefficient (Wildman–Crippen LogP) is 1.40. The number of hydrogen-bond acceptors (Lipinski definition) is 4. The Morgan fingerprint density at radius 1 is 1.42 bits per heavy atom. The van der Waals surface area contributed by atoms with Gasteiger partial charge >= 0.3 is 5.97 Å². The minimum absolute atomic E-state index is 0.340. The molecule has 2 heterocycles. The first-order valence-corrected chi connectivity index (χ1v) is 6.35. The summed E-state index contributed by atoms with van der Waals surface area (Å²) in [6, 6.07) is 2.05. The topological polar surface area (TPSA) is 61.9 Å². The number of rotatable bonds is 5. The van der Waals surface area contributed by atoms with Crippen LogP contribution >= 0.6 is 0 Å². The van der Waals surface area contributed by atoms with Crippen molar-refractivity contribution in [2.75, 3.05) is 6.61 Å². The summed E-state index contributed by atoms with van der Waals surface area (Å²) in [5, 5.41) is 8.55. The van der Waals surface area contributed by atoms with Gasteiger partial charge in [0.2, 0.25) is 0 Å². The van der Waals surface area contributed by atoms with Crippen LogP contribution in [0.3, 0.4) is 0 Å². The smallest absolute Gasteiger partial charge is 0.341 e. The van der Waals surface area contributed by atoms with Crippen molar-refractivity contribution in [3.05, 3.63) is 35.4 Å². The van der Waals surface area contributed by atoms with Crippen LogP contribution in [0.25, 0.3) is 0 Å². The number of hydrogen-bond donors (Lipinski definition) is 0. The van der Waals surface area contributed by atoms with Gasteiger partial charge in [0.1, 0.15) is 0 Å². The Bertz CT molecular complexity index is 571. The zero-order chi connectivity index (χ0) is 13.8. The van der Waals surface area contributed by atoms with Crippen LogP contribution in [0.1, 0.15) is 35.6 Å². The van der Waals surface area contributed by atoms with Gasteiger partial charge in [0.05, 0.1) is 36.3 Å². The summed E-state index contributed by atoms with van der Waals surface area (Å²) >= 11 is 0. The fourth-order valence-corrected chi connectivity index (χ4v) is 1.83. The van der Waals surface area contributed by atoms with Crippen LogP contribution < -0.4 is 0 Å². The van der Waals surface area contributed by atoms with Crippen molar-refractivity contribution in [3.63, 3.8) is 0 Å². The molecule has 6 nitrogen and oxygen atoms in total. The number of carbonyl (C=O) groups is 1. The van der Waals surface area contributed by atoms with E-state index in [1.165, 1.54) is 6.20 Å². The Morgan fingerprint density at radius 3 is 2.84 bits per heavy atom. The molecule has 0 radical (unpaired) electrons. The molecular formula is C13H18N4O2. The first kappa shape index (κ1) is 13.3. The van der Waals surface area contributed by atoms with Crippen LogP contribution in [-0.2, 0) is 24.8 Å². The number of esters is 1. The summed E-state index contributed by atoms with van der Waals surface area (Å²) in [4.78, 5) is 11.5. The average molecular weight is 262 g/mol. The summed E-state index contributed by atoms with van der Waals surface area (Å²) in [7, 11) is 1.91. The SMILES string of the molecule is CCOC(=O)c1cnn(Cc2cc(CC)nn2C)c1. The molecule has 0 bridgehead atoms. The molecule has 2 aromatic rings. The van der Waals surface area contributed by atoms with Gasteiger partial charge < -0.3 is 4.74 Å². The average Bonchev–Trinajstić information content (AvgIpc) is 2.98. The van der Waals surface area contributed by atoms with Crippen LogP contribution in [0.5, 0.6) is 0 Å². The lowest BCUT2D eigenvalue weighted by atomic mass is 10.3. The Balaban J connectivity index is 2.11. The highest BCUT2D eigenvalue weighted by molar-refractivity contribution is 5.88. The maximum absolute atomic E-state index is 11.5. The lowest BCUT2D eigenvalue weighted by Crippen LogP contribution is -2.06. The van der Waals surface area contributed by atoms with E-state index < -0.39 is 0 Å². The lowest BCUT2D eigenvalue weighted by molar-refractivity contribution is 0.0526. The van der Waals surface area contributed by atoms with Crippen LogP contribution in [0, 0.1) is 0 Å². The van der Waals surface area contributed by atoms with Crippen LogP contribution in [-0.4, -0.2) is 32.1 Å². The fourth-order valence-electron chi connectivity index (χ4n) is 1.83. The molecule has 6 heteroatoms. The van der Waals surface area contributed by atoms with Crippen molar-refractivity contribution in [2.45, 2.75) is 26.8 Å². The lowest BCUT2D eigenvalue weighted by Gasteiger charge is -2.01. The van der Waals surface area contributed by atoms with Crippen LogP contribution in [0.4, 0.5) is 0 Å². The second kappa shape index (κ2) is 5.69. The Kier molecular flexibility index (Phi) is 3.99. The molecule has 0 N–H and O–H groups in total. The van der Waals surface area contributed by atoms with Gasteiger partial charge in [0.15, 0.2) is 0 Å². The highest BCUT2D eigenvalue weighted by Gasteiger charge is 2.11. The van der Waals surface area contributed by atoms with Gasteiger partial charge in [-0.05, 0) is 19.4 Å². The molecule has 19 heavy (non-hydrogen) atoms. The van der Waals surface area contributed by atoms with E-state index in [1.807, 2.05) is 17.8 Å².